The Balaban J connectivity index is 2.12. The van der Waals surface area contributed by atoms with Crippen LogP contribution in [0.25, 0.3) is 11.6 Å². The summed E-state index contributed by atoms with van der Waals surface area (Å²) in [6, 6.07) is 7.87. The molecule has 3 rings (SSSR count). The molecule has 0 aliphatic carbocycles. The number of nitro groups is 1. The molecule has 0 saturated heterocycles. The monoisotopic (exact) mass is 522 g/mol. The molecule has 2 aromatic heterocycles. The lowest BCUT2D eigenvalue weighted by Crippen LogP contribution is -2.45. The zero-order valence-corrected chi connectivity index (χ0v) is 18.0. The summed E-state index contributed by atoms with van der Waals surface area (Å²) in [5.74, 6) is -2.13. The van der Waals surface area contributed by atoms with Gasteiger partial charge in [0.25, 0.3) is 11.8 Å². The number of halogens is 7. The molecule has 1 aromatic carbocycles. The van der Waals surface area contributed by atoms with E-state index in [-0.39, 0.29) is 6.07 Å². The van der Waals surface area contributed by atoms with Crippen LogP contribution in [0.2, 0.25) is 5.15 Å². The smallest absolute Gasteiger partial charge is 0.415 e. The van der Waals surface area contributed by atoms with Crippen LogP contribution in [-0.2, 0) is 23.1 Å². The third-order valence-electron chi connectivity index (χ3n) is 4.65. The third kappa shape index (κ3) is 5.27. The molecule has 0 aliphatic heterocycles. The van der Waals surface area contributed by atoms with Crippen molar-refractivity contribution in [3.05, 3.63) is 81.3 Å². The molecule has 0 radical (unpaired) electrons. The van der Waals surface area contributed by atoms with Crippen molar-refractivity contribution < 1.29 is 40.4 Å². The number of pyridine rings is 1. The first-order valence-electron chi connectivity index (χ1n) is 9.42. The molecular formula is C20H13ClF6N4O4. The number of alkyl halides is 6. The molecule has 35 heavy (non-hydrogen) atoms. The molecule has 0 fully saturated rings. The predicted molar refractivity (Wildman–Crippen MR) is 108 cm³/mol. The van der Waals surface area contributed by atoms with Gasteiger partial charge in [-0.2, -0.15) is 26.3 Å². The summed E-state index contributed by atoms with van der Waals surface area (Å²) in [6.07, 6.45) is -10.2. The Hall–Kier alpha value is -3.52. The standard InChI is InChI=1S/C20H13ClF6N4O4/c1-2-8-18(20(25,26)27,34-10-11-6-4-3-5-7-11)17-30-29-16(35-17)14-13(31(32)33)9-12(15(21)28-14)19(22,23)24/h2-7,9H,1,8,10H2/t18-/m1/s1. The predicted octanol–water partition coefficient (Wildman–Crippen LogP) is 6.26. The summed E-state index contributed by atoms with van der Waals surface area (Å²) >= 11 is 5.52. The molecule has 3 aromatic rings. The first-order chi connectivity index (χ1) is 16.3. The van der Waals surface area contributed by atoms with E-state index in [2.05, 4.69) is 21.8 Å². The van der Waals surface area contributed by atoms with Crippen molar-refractivity contribution in [2.45, 2.75) is 31.0 Å². The average molecular weight is 523 g/mol. The highest BCUT2D eigenvalue weighted by atomic mass is 35.5. The van der Waals surface area contributed by atoms with E-state index in [1.165, 1.54) is 12.1 Å². The second-order valence-corrected chi connectivity index (χ2v) is 7.31. The van der Waals surface area contributed by atoms with Crippen molar-refractivity contribution in [1.29, 1.82) is 0 Å². The van der Waals surface area contributed by atoms with E-state index in [0.29, 0.717) is 5.56 Å². The molecular weight excluding hydrogens is 510 g/mol. The van der Waals surface area contributed by atoms with Gasteiger partial charge in [-0.15, -0.1) is 16.8 Å². The Morgan fingerprint density at radius 2 is 1.80 bits per heavy atom. The van der Waals surface area contributed by atoms with Crippen molar-refractivity contribution in [2.75, 3.05) is 0 Å². The van der Waals surface area contributed by atoms with Crippen LogP contribution in [0.3, 0.4) is 0 Å². The maximum Gasteiger partial charge on any atom is 0.426 e. The van der Waals surface area contributed by atoms with Gasteiger partial charge >= 0.3 is 18.0 Å². The lowest BCUT2D eigenvalue weighted by Gasteiger charge is -2.31. The molecule has 0 amide bonds. The van der Waals surface area contributed by atoms with E-state index in [4.69, 9.17) is 20.8 Å². The number of aromatic nitrogens is 3. The lowest BCUT2D eigenvalue weighted by atomic mass is 9.98. The first-order valence-corrected chi connectivity index (χ1v) is 9.80. The summed E-state index contributed by atoms with van der Waals surface area (Å²) in [7, 11) is 0. The topological polar surface area (TPSA) is 104 Å². The number of hydrogen-bond acceptors (Lipinski definition) is 7. The van der Waals surface area contributed by atoms with Crippen LogP contribution in [0, 0.1) is 10.1 Å². The van der Waals surface area contributed by atoms with E-state index in [0.717, 1.165) is 6.08 Å². The van der Waals surface area contributed by atoms with Crippen LogP contribution in [-0.4, -0.2) is 26.3 Å². The number of benzene rings is 1. The van der Waals surface area contributed by atoms with E-state index in [1.54, 1.807) is 18.2 Å². The maximum atomic E-state index is 14.2. The SMILES string of the molecule is C=CC[C@@](OCc1ccccc1)(c1nnc(-c2nc(Cl)c(C(F)(F)F)cc2[N+](=O)[O-])o1)C(F)(F)F. The second kappa shape index (κ2) is 9.62. The minimum Gasteiger partial charge on any atom is -0.415 e. The first kappa shape index (κ1) is 26.1. The zero-order chi connectivity index (χ0) is 26.0. The highest BCUT2D eigenvalue weighted by Gasteiger charge is 2.61. The summed E-state index contributed by atoms with van der Waals surface area (Å²) in [4.78, 5) is 13.4. The third-order valence-corrected chi connectivity index (χ3v) is 4.94. The molecule has 15 heteroatoms. The summed E-state index contributed by atoms with van der Waals surface area (Å²) in [5.41, 5.74) is -6.69. The van der Waals surface area contributed by atoms with Crippen molar-refractivity contribution in [3.63, 3.8) is 0 Å². The number of hydrogen-bond donors (Lipinski definition) is 0. The van der Waals surface area contributed by atoms with Crippen LogP contribution < -0.4 is 0 Å². The van der Waals surface area contributed by atoms with Crippen molar-refractivity contribution in [1.82, 2.24) is 15.2 Å². The molecule has 0 aliphatic rings. The maximum absolute atomic E-state index is 14.2. The molecule has 0 unspecified atom stereocenters. The van der Waals surface area contributed by atoms with E-state index < -0.39 is 69.8 Å². The molecule has 0 N–H and O–H groups in total. The normalized spacial score (nSPS) is 13.9. The Morgan fingerprint density at radius 1 is 1.14 bits per heavy atom. The molecule has 0 spiro atoms. The second-order valence-electron chi connectivity index (χ2n) is 6.95. The number of ether oxygens (including phenoxy) is 1. The van der Waals surface area contributed by atoms with Gasteiger partial charge < -0.3 is 9.15 Å². The molecule has 0 saturated carbocycles. The van der Waals surface area contributed by atoms with Gasteiger partial charge in [-0.25, -0.2) is 4.98 Å². The fourth-order valence-corrected chi connectivity index (χ4v) is 3.21. The van der Waals surface area contributed by atoms with Crippen LogP contribution >= 0.6 is 11.6 Å². The Bertz CT molecular complexity index is 1230. The van der Waals surface area contributed by atoms with Gasteiger partial charge in [-0.1, -0.05) is 48.0 Å². The van der Waals surface area contributed by atoms with Crippen molar-refractivity contribution in [3.8, 4) is 11.6 Å². The van der Waals surface area contributed by atoms with Gasteiger partial charge in [0.2, 0.25) is 11.3 Å². The average Bonchev–Trinajstić information content (AvgIpc) is 3.25. The minimum atomic E-state index is -5.14. The Morgan fingerprint density at radius 3 is 2.34 bits per heavy atom. The van der Waals surface area contributed by atoms with E-state index >= 15 is 0 Å². The fraction of sp³-hybridized carbons (Fsp3) is 0.250. The van der Waals surface area contributed by atoms with Gasteiger partial charge in [0.1, 0.15) is 5.15 Å². The zero-order valence-electron chi connectivity index (χ0n) is 17.2. The van der Waals surface area contributed by atoms with E-state index in [1.807, 2.05) is 0 Å². The molecule has 2 heterocycles. The number of nitrogens with zero attached hydrogens (tertiary/aromatic N) is 4. The summed E-state index contributed by atoms with van der Waals surface area (Å²) in [6.45, 7) is 2.75. The quantitative estimate of drug-likeness (QED) is 0.113. The highest BCUT2D eigenvalue weighted by molar-refractivity contribution is 6.30. The van der Waals surface area contributed by atoms with E-state index in [9.17, 15) is 36.5 Å². The molecule has 186 valence electrons. The van der Waals surface area contributed by atoms with Gasteiger partial charge in [0.05, 0.1) is 17.1 Å². The summed E-state index contributed by atoms with van der Waals surface area (Å²) in [5, 5.41) is 16.8. The fourth-order valence-electron chi connectivity index (χ4n) is 2.97. The van der Waals surface area contributed by atoms with Crippen LogP contribution in [0.15, 0.2) is 53.5 Å². The van der Waals surface area contributed by atoms with Gasteiger partial charge in [-0.05, 0) is 5.56 Å². The van der Waals surface area contributed by atoms with Gasteiger partial charge in [-0.3, -0.25) is 10.1 Å². The highest BCUT2D eigenvalue weighted by Crippen LogP contribution is 2.46. The molecule has 0 bridgehead atoms. The Labute approximate surface area is 197 Å². The Kier molecular flexibility index (Phi) is 7.17. The summed E-state index contributed by atoms with van der Waals surface area (Å²) < 4.78 is 92.2. The van der Waals surface area contributed by atoms with Crippen molar-refractivity contribution >= 4 is 17.3 Å². The van der Waals surface area contributed by atoms with Crippen LogP contribution in [0.1, 0.15) is 23.4 Å². The molecule has 1 atom stereocenters. The van der Waals surface area contributed by atoms with Crippen molar-refractivity contribution in [2.24, 2.45) is 0 Å². The number of rotatable bonds is 8. The van der Waals surface area contributed by atoms with Gasteiger partial charge in [0.15, 0.2) is 0 Å². The molecule has 8 nitrogen and oxygen atoms in total. The lowest BCUT2D eigenvalue weighted by molar-refractivity contribution is -0.384. The van der Waals surface area contributed by atoms with Gasteiger partial charge in [0, 0.05) is 12.5 Å². The van der Waals surface area contributed by atoms with Crippen LogP contribution in [0.5, 0.6) is 0 Å². The van der Waals surface area contributed by atoms with Crippen LogP contribution in [0.4, 0.5) is 32.0 Å². The minimum absolute atomic E-state index is 0.0706. The largest absolute Gasteiger partial charge is 0.426 e.